The number of furan rings is 1. The molecule has 0 aliphatic heterocycles. The first-order valence-electron chi connectivity index (χ1n) is 8.43. The van der Waals surface area contributed by atoms with Crippen molar-refractivity contribution < 1.29 is 26.4 Å². The molecule has 0 saturated carbocycles. The van der Waals surface area contributed by atoms with Gasteiger partial charge in [-0.2, -0.15) is 18.3 Å². The van der Waals surface area contributed by atoms with Gasteiger partial charge in [-0.15, -0.1) is 5.10 Å². The molecule has 3 aromatic rings. The monoisotopic (exact) mass is 459 g/mol. The van der Waals surface area contributed by atoms with E-state index in [-0.39, 0.29) is 16.2 Å². The van der Waals surface area contributed by atoms with Crippen molar-refractivity contribution in [3.05, 3.63) is 76.9 Å². The van der Waals surface area contributed by atoms with E-state index in [1.165, 1.54) is 17.8 Å². The summed E-state index contributed by atoms with van der Waals surface area (Å²) in [7, 11) is 0. The van der Waals surface area contributed by atoms with Crippen LogP contribution in [0.1, 0.15) is 40.5 Å². The van der Waals surface area contributed by atoms with Gasteiger partial charge in [-0.1, -0.05) is 24.0 Å². The Morgan fingerprint density at radius 3 is 2.37 bits per heavy atom. The van der Waals surface area contributed by atoms with Gasteiger partial charge in [-0.25, -0.2) is 8.78 Å². The Bertz CT molecular complexity index is 1010. The van der Waals surface area contributed by atoms with Crippen LogP contribution in [0.15, 0.2) is 58.2 Å². The molecule has 1 aromatic carbocycles. The van der Waals surface area contributed by atoms with Gasteiger partial charge in [0.25, 0.3) is 6.43 Å². The van der Waals surface area contributed by atoms with E-state index in [9.17, 15) is 22.0 Å². The first-order chi connectivity index (χ1) is 14.1. The summed E-state index contributed by atoms with van der Waals surface area (Å²) < 4.78 is 71.1. The molecule has 0 saturated heterocycles. The number of nitrogens with two attached hydrogens (primary N) is 1. The van der Waals surface area contributed by atoms with Crippen molar-refractivity contribution in [2.75, 3.05) is 0 Å². The molecule has 1 atom stereocenters. The van der Waals surface area contributed by atoms with Crippen LogP contribution in [0.3, 0.4) is 0 Å². The molecular weight excluding hydrogens is 445 g/mol. The SMILES string of the molecule is NC(=S)C(c1cc(C(F)F)cc(C(F)(F)F)c1)c1ccc(SCc2ccco2)nn1. The summed E-state index contributed by atoms with van der Waals surface area (Å²) in [6, 6.07) is 8.76. The number of alkyl halides is 5. The third-order valence-electron chi connectivity index (χ3n) is 4.07. The lowest BCUT2D eigenvalue weighted by atomic mass is 9.92. The standard InChI is InChI=1S/C19H14F5N3OS2/c20-17(21)11-6-10(7-12(8-11)19(22,23)24)16(18(25)29)14-3-4-15(27-26-14)30-9-13-2-1-5-28-13/h1-8,16-17H,9H2,(H2,25,29). The molecule has 0 bridgehead atoms. The fraction of sp³-hybridized carbons (Fsp3) is 0.211. The van der Waals surface area contributed by atoms with Gasteiger partial charge in [0.2, 0.25) is 0 Å². The number of rotatable bonds is 7. The van der Waals surface area contributed by atoms with Gasteiger partial charge in [0.05, 0.1) is 34.2 Å². The van der Waals surface area contributed by atoms with Crippen LogP contribution < -0.4 is 5.73 Å². The van der Waals surface area contributed by atoms with Crippen LogP contribution in [0.5, 0.6) is 0 Å². The van der Waals surface area contributed by atoms with Crippen molar-refractivity contribution in [3.8, 4) is 0 Å². The van der Waals surface area contributed by atoms with Crippen molar-refractivity contribution >= 4 is 29.0 Å². The molecule has 0 fully saturated rings. The lowest BCUT2D eigenvalue weighted by Crippen LogP contribution is -2.22. The molecule has 2 aromatic heterocycles. The number of thioether (sulfide) groups is 1. The second kappa shape index (κ2) is 9.09. The third-order valence-corrected chi connectivity index (χ3v) is 5.25. The summed E-state index contributed by atoms with van der Waals surface area (Å²) in [6.07, 6.45) is -6.36. The number of hydrogen-bond acceptors (Lipinski definition) is 5. The van der Waals surface area contributed by atoms with E-state index < -0.39 is 29.6 Å². The number of halogens is 5. The van der Waals surface area contributed by atoms with Crippen molar-refractivity contribution in [1.29, 1.82) is 0 Å². The minimum Gasteiger partial charge on any atom is -0.468 e. The maximum Gasteiger partial charge on any atom is 0.416 e. The molecule has 2 heterocycles. The second-order valence-corrected chi connectivity index (χ2v) is 7.65. The van der Waals surface area contributed by atoms with E-state index in [0.29, 0.717) is 16.8 Å². The van der Waals surface area contributed by atoms with E-state index in [1.54, 1.807) is 24.5 Å². The van der Waals surface area contributed by atoms with Gasteiger partial charge in [-0.05, 0) is 48.0 Å². The maximum atomic E-state index is 13.2. The molecule has 30 heavy (non-hydrogen) atoms. The van der Waals surface area contributed by atoms with E-state index >= 15 is 0 Å². The number of thiocarbonyl (C=S) groups is 1. The Morgan fingerprint density at radius 2 is 1.83 bits per heavy atom. The summed E-state index contributed by atoms with van der Waals surface area (Å²) in [5.74, 6) is 0.136. The first kappa shape index (κ1) is 22.2. The molecule has 1 unspecified atom stereocenters. The Labute approximate surface area is 177 Å². The number of benzene rings is 1. The van der Waals surface area contributed by atoms with Crippen LogP contribution in [0.4, 0.5) is 22.0 Å². The zero-order valence-electron chi connectivity index (χ0n) is 15.1. The zero-order valence-corrected chi connectivity index (χ0v) is 16.7. The summed E-state index contributed by atoms with van der Waals surface area (Å²) in [5, 5.41) is 8.56. The predicted molar refractivity (Wildman–Crippen MR) is 105 cm³/mol. The molecule has 0 aliphatic carbocycles. The summed E-state index contributed by atoms with van der Waals surface area (Å²) in [5.41, 5.74) is 3.76. The van der Waals surface area contributed by atoms with Gasteiger partial charge in [0, 0.05) is 5.56 Å². The topological polar surface area (TPSA) is 64.9 Å². The molecule has 0 radical (unpaired) electrons. The number of aromatic nitrogens is 2. The van der Waals surface area contributed by atoms with Crippen molar-refractivity contribution in [1.82, 2.24) is 10.2 Å². The van der Waals surface area contributed by atoms with Crippen molar-refractivity contribution in [2.45, 2.75) is 29.3 Å². The fourth-order valence-electron chi connectivity index (χ4n) is 2.71. The molecule has 158 valence electrons. The summed E-state index contributed by atoms with van der Waals surface area (Å²) >= 11 is 6.32. The average molecular weight is 459 g/mol. The van der Waals surface area contributed by atoms with Crippen molar-refractivity contribution in [3.63, 3.8) is 0 Å². The minimum absolute atomic E-state index is 0.127. The predicted octanol–water partition coefficient (Wildman–Crippen LogP) is 5.74. The van der Waals surface area contributed by atoms with Gasteiger partial charge in [-0.3, -0.25) is 0 Å². The first-order valence-corrected chi connectivity index (χ1v) is 9.83. The van der Waals surface area contributed by atoms with Gasteiger partial charge in [0.15, 0.2) is 0 Å². The zero-order chi connectivity index (χ0) is 21.9. The molecule has 0 spiro atoms. The molecular formula is C19H14F5N3OS2. The molecule has 0 aliphatic rings. The van der Waals surface area contributed by atoms with Gasteiger partial charge < -0.3 is 10.2 Å². The smallest absolute Gasteiger partial charge is 0.416 e. The molecule has 3 rings (SSSR count). The molecule has 2 N–H and O–H groups in total. The van der Waals surface area contributed by atoms with Crippen LogP contribution >= 0.6 is 24.0 Å². The lowest BCUT2D eigenvalue weighted by molar-refractivity contribution is -0.137. The van der Waals surface area contributed by atoms with E-state index in [0.717, 1.165) is 17.9 Å². The highest BCUT2D eigenvalue weighted by molar-refractivity contribution is 7.98. The number of hydrogen-bond donors (Lipinski definition) is 1. The average Bonchev–Trinajstić information content (AvgIpc) is 3.20. The molecule has 4 nitrogen and oxygen atoms in total. The maximum absolute atomic E-state index is 13.2. The molecule has 0 amide bonds. The van der Waals surface area contributed by atoms with Gasteiger partial charge >= 0.3 is 6.18 Å². The largest absolute Gasteiger partial charge is 0.468 e. The molecule has 11 heteroatoms. The highest BCUT2D eigenvalue weighted by Gasteiger charge is 2.33. The Kier molecular flexibility index (Phi) is 6.71. The normalized spacial score (nSPS) is 12.9. The highest BCUT2D eigenvalue weighted by Crippen LogP contribution is 2.36. The van der Waals surface area contributed by atoms with E-state index in [4.69, 9.17) is 22.4 Å². The van der Waals surface area contributed by atoms with Crippen molar-refractivity contribution in [2.24, 2.45) is 5.73 Å². The van der Waals surface area contributed by atoms with Crippen LogP contribution in [-0.2, 0) is 11.9 Å². The Hall–Kier alpha value is -2.53. The Balaban J connectivity index is 1.92. The van der Waals surface area contributed by atoms with Crippen LogP contribution in [0.2, 0.25) is 0 Å². The Morgan fingerprint density at radius 1 is 1.10 bits per heavy atom. The fourth-order valence-corrected chi connectivity index (χ4v) is 3.69. The number of nitrogens with zero attached hydrogens (tertiary/aromatic N) is 2. The van der Waals surface area contributed by atoms with Crippen LogP contribution in [0.25, 0.3) is 0 Å². The van der Waals surface area contributed by atoms with E-state index in [2.05, 4.69) is 10.2 Å². The quantitative estimate of drug-likeness (QED) is 0.276. The van der Waals surface area contributed by atoms with E-state index in [1.807, 2.05) is 0 Å². The third kappa shape index (κ3) is 5.33. The van der Waals surface area contributed by atoms with Crippen LogP contribution in [-0.4, -0.2) is 15.2 Å². The summed E-state index contributed by atoms with van der Waals surface area (Å²) in [6.45, 7) is 0. The van der Waals surface area contributed by atoms with Gasteiger partial charge in [0.1, 0.15) is 10.8 Å². The highest BCUT2D eigenvalue weighted by atomic mass is 32.2. The minimum atomic E-state index is -4.81. The van der Waals surface area contributed by atoms with Crippen LogP contribution in [0, 0.1) is 0 Å². The lowest BCUT2D eigenvalue weighted by Gasteiger charge is -2.18. The second-order valence-electron chi connectivity index (χ2n) is 6.19. The summed E-state index contributed by atoms with van der Waals surface area (Å²) in [4.78, 5) is -0.208.